The van der Waals surface area contributed by atoms with Crippen molar-refractivity contribution >= 4 is 11.7 Å². The summed E-state index contributed by atoms with van der Waals surface area (Å²) in [5.74, 6) is 0.516. The van der Waals surface area contributed by atoms with Gasteiger partial charge in [-0.05, 0) is 31.9 Å². The molecule has 112 valence electrons. The highest BCUT2D eigenvalue weighted by atomic mass is 16.5. The maximum absolute atomic E-state index is 11.8. The Morgan fingerprint density at radius 2 is 1.55 bits per heavy atom. The zero-order valence-corrected chi connectivity index (χ0v) is 12.4. The SMILES string of the molecule is CCCOc1cc(C(=O)OCC)cc(OCCC)c1N. The van der Waals surface area contributed by atoms with E-state index >= 15 is 0 Å². The normalized spacial score (nSPS) is 10.2. The Balaban J connectivity index is 3.07. The third-order valence-electron chi connectivity index (χ3n) is 2.54. The first-order valence-corrected chi connectivity index (χ1v) is 7.00. The van der Waals surface area contributed by atoms with Gasteiger partial charge in [-0.1, -0.05) is 13.8 Å². The molecular weight excluding hydrogens is 258 g/mol. The summed E-state index contributed by atoms with van der Waals surface area (Å²) in [7, 11) is 0. The van der Waals surface area contributed by atoms with Crippen molar-refractivity contribution in [2.24, 2.45) is 0 Å². The van der Waals surface area contributed by atoms with Gasteiger partial charge >= 0.3 is 5.97 Å². The summed E-state index contributed by atoms with van der Waals surface area (Å²) >= 11 is 0. The van der Waals surface area contributed by atoms with Crippen LogP contribution in [0.25, 0.3) is 0 Å². The molecule has 1 aromatic rings. The maximum atomic E-state index is 11.8. The summed E-state index contributed by atoms with van der Waals surface area (Å²) in [6, 6.07) is 3.20. The highest BCUT2D eigenvalue weighted by Gasteiger charge is 2.15. The predicted molar refractivity (Wildman–Crippen MR) is 78.4 cm³/mol. The summed E-state index contributed by atoms with van der Waals surface area (Å²) in [5, 5.41) is 0. The van der Waals surface area contributed by atoms with Gasteiger partial charge in [-0.2, -0.15) is 0 Å². The smallest absolute Gasteiger partial charge is 0.338 e. The van der Waals surface area contributed by atoms with E-state index in [0.717, 1.165) is 12.8 Å². The second-order valence-corrected chi connectivity index (χ2v) is 4.30. The van der Waals surface area contributed by atoms with Crippen LogP contribution in [0.2, 0.25) is 0 Å². The van der Waals surface area contributed by atoms with E-state index in [1.54, 1.807) is 19.1 Å². The lowest BCUT2D eigenvalue weighted by Gasteiger charge is -2.14. The summed E-state index contributed by atoms with van der Waals surface area (Å²) in [5.41, 5.74) is 6.81. The van der Waals surface area contributed by atoms with Crippen LogP contribution in [0, 0.1) is 0 Å². The van der Waals surface area contributed by atoms with E-state index in [1.807, 2.05) is 13.8 Å². The summed E-state index contributed by atoms with van der Waals surface area (Å²) in [4.78, 5) is 11.8. The van der Waals surface area contributed by atoms with E-state index < -0.39 is 5.97 Å². The van der Waals surface area contributed by atoms with Gasteiger partial charge in [0.05, 0.1) is 25.4 Å². The third kappa shape index (κ3) is 4.33. The molecule has 0 aliphatic heterocycles. The van der Waals surface area contributed by atoms with Crippen molar-refractivity contribution in [3.63, 3.8) is 0 Å². The van der Waals surface area contributed by atoms with Crippen LogP contribution in [0.15, 0.2) is 12.1 Å². The van der Waals surface area contributed by atoms with Crippen molar-refractivity contribution in [2.75, 3.05) is 25.6 Å². The second kappa shape index (κ2) is 8.30. The van der Waals surface area contributed by atoms with Crippen molar-refractivity contribution in [1.29, 1.82) is 0 Å². The number of benzene rings is 1. The number of ether oxygens (including phenoxy) is 3. The molecule has 0 heterocycles. The summed E-state index contributed by atoms with van der Waals surface area (Å²) < 4.78 is 16.1. The van der Waals surface area contributed by atoms with Crippen LogP contribution in [-0.2, 0) is 4.74 Å². The molecule has 0 amide bonds. The highest BCUT2D eigenvalue weighted by Crippen LogP contribution is 2.34. The Kier molecular flexibility index (Phi) is 6.70. The zero-order chi connectivity index (χ0) is 15.0. The Labute approximate surface area is 120 Å². The van der Waals surface area contributed by atoms with Crippen molar-refractivity contribution in [3.8, 4) is 11.5 Å². The lowest BCUT2D eigenvalue weighted by Crippen LogP contribution is -2.09. The Morgan fingerprint density at radius 1 is 1.05 bits per heavy atom. The van der Waals surface area contributed by atoms with Gasteiger partial charge in [-0.25, -0.2) is 4.79 Å². The second-order valence-electron chi connectivity index (χ2n) is 4.30. The fourth-order valence-electron chi connectivity index (χ4n) is 1.60. The van der Waals surface area contributed by atoms with Crippen LogP contribution in [-0.4, -0.2) is 25.8 Å². The largest absolute Gasteiger partial charge is 0.491 e. The number of nitrogen functional groups attached to an aromatic ring is 1. The molecule has 5 nitrogen and oxygen atoms in total. The lowest BCUT2D eigenvalue weighted by molar-refractivity contribution is 0.0525. The average Bonchev–Trinajstić information content (AvgIpc) is 2.45. The van der Waals surface area contributed by atoms with E-state index in [1.165, 1.54) is 0 Å². The molecule has 2 N–H and O–H groups in total. The molecule has 5 heteroatoms. The summed E-state index contributed by atoms with van der Waals surface area (Å²) in [6.45, 7) is 7.14. The molecule has 0 aromatic heterocycles. The molecule has 0 unspecified atom stereocenters. The van der Waals surface area contributed by atoms with Gasteiger partial charge in [0, 0.05) is 0 Å². The minimum absolute atomic E-state index is 0.319. The Morgan fingerprint density at radius 3 is 1.95 bits per heavy atom. The monoisotopic (exact) mass is 281 g/mol. The number of rotatable bonds is 8. The van der Waals surface area contributed by atoms with Crippen LogP contribution in [0.4, 0.5) is 5.69 Å². The zero-order valence-electron chi connectivity index (χ0n) is 12.4. The molecule has 1 aromatic carbocycles. The van der Waals surface area contributed by atoms with E-state index in [9.17, 15) is 4.79 Å². The molecule has 0 bridgehead atoms. The molecule has 0 spiro atoms. The van der Waals surface area contributed by atoms with Gasteiger partial charge in [0.1, 0.15) is 17.2 Å². The van der Waals surface area contributed by atoms with Crippen molar-refractivity contribution in [2.45, 2.75) is 33.6 Å². The molecule has 0 aliphatic carbocycles. The van der Waals surface area contributed by atoms with Gasteiger partial charge in [0.15, 0.2) is 0 Å². The topological polar surface area (TPSA) is 70.8 Å². The minimum atomic E-state index is -0.407. The molecule has 0 saturated heterocycles. The van der Waals surface area contributed by atoms with E-state index in [-0.39, 0.29) is 0 Å². The Hall–Kier alpha value is -1.91. The van der Waals surface area contributed by atoms with Gasteiger partial charge in [0.25, 0.3) is 0 Å². The van der Waals surface area contributed by atoms with Crippen LogP contribution < -0.4 is 15.2 Å². The van der Waals surface area contributed by atoms with Crippen LogP contribution in [0.1, 0.15) is 44.0 Å². The first kappa shape index (κ1) is 16.1. The predicted octanol–water partition coefficient (Wildman–Crippen LogP) is 3.02. The molecule has 0 fully saturated rings. The average molecular weight is 281 g/mol. The van der Waals surface area contributed by atoms with Gasteiger partial charge in [0.2, 0.25) is 0 Å². The molecule has 0 saturated carbocycles. The van der Waals surface area contributed by atoms with Crippen LogP contribution in [0.5, 0.6) is 11.5 Å². The number of hydrogen-bond donors (Lipinski definition) is 1. The standard InChI is InChI=1S/C15H23NO4/c1-4-7-19-12-9-11(15(17)18-6-3)10-13(14(12)16)20-8-5-2/h9-10H,4-8,16H2,1-3H3. The molecule has 1 rings (SSSR count). The van der Waals surface area contributed by atoms with Gasteiger partial charge in [-0.3, -0.25) is 0 Å². The first-order chi connectivity index (χ1) is 9.63. The number of nitrogens with two attached hydrogens (primary N) is 1. The first-order valence-electron chi connectivity index (χ1n) is 7.00. The molecule has 20 heavy (non-hydrogen) atoms. The number of hydrogen-bond acceptors (Lipinski definition) is 5. The third-order valence-corrected chi connectivity index (χ3v) is 2.54. The number of carbonyl (C=O) groups is 1. The van der Waals surface area contributed by atoms with E-state index in [0.29, 0.717) is 42.6 Å². The Bertz CT molecular complexity index is 416. The van der Waals surface area contributed by atoms with E-state index in [2.05, 4.69) is 0 Å². The van der Waals surface area contributed by atoms with Crippen molar-refractivity contribution in [1.82, 2.24) is 0 Å². The highest BCUT2D eigenvalue weighted by molar-refractivity contribution is 5.92. The minimum Gasteiger partial charge on any atom is -0.491 e. The fraction of sp³-hybridized carbons (Fsp3) is 0.533. The van der Waals surface area contributed by atoms with Gasteiger partial charge in [-0.15, -0.1) is 0 Å². The van der Waals surface area contributed by atoms with E-state index in [4.69, 9.17) is 19.9 Å². The maximum Gasteiger partial charge on any atom is 0.338 e. The quantitative estimate of drug-likeness (QED) is 0.586. The molecule has 0 radical (unpaired) electrons. The number of esters is 1. The fourth-order valence-corrected chi connectivity index (χ4v) is 1.60. The van der Waals surface area contributed by atoms with Gasteiger partial charge < -0.3 is 19.9 Å². The molecule has 0 aliphatic rings. The molecule has 0 atom stereocenters. The molecular formula is C15H23NO4. The number of carbonyl (C=O) groups excluding carboxylic acids is 1. The van der Waals surface area contributed by atoms with Crippen molar-refractivity contribution in [3.05, 3.63) is 17.7 Å². The lowest BCUT2D eigenvalue weighted by atomic mass is 10.1. The van der Waals surface area contributed by atoms with Crippen LogP contribution in [0.3, 0.4) is 0 Å². The van der Waals surface area contributed by atoms with Crippen molar-refractivity contribution < 1.29 is 19.0 Å². The number of anilines is 1. The summed E-state index contributed by atoms with van der Waals surface area (Å²) in [6.07, 6.45) is 1.71. The van der Waals surface area contributed by atoms with Crippen LogP contribution >= 0.6 is 0 Å².